The van der Waals surface area contributed by atoms with Gasteiger partial charge in [0.15, 0.2) is 11.5 Å². The van der Waals surface area contributed by atoms with E-state index in [0.29, 0.717) is 0 Å². The zero-order valence-corrected chi connectivity index (χ0v) is 14.8. The molecule has 8 heteroatoms. The van der Waals surface area contributed by atoms with Gasteiger partial charge in [0, 0.05) is 13.1 Å². The minimum Gasteiger partial charge on any atom is -0.504 e. The summed E-state index contributed by atoms with van der Waals surface area (Å²) in [6.45, 7) is 1.96. The van der Waals surface area contributed by atoms with Crippen molar-refractivity contribution in [2.45, 2.75) is 11.8 Å². The Morgan fingerprint density at radius 1 is 1.12 bits per heavy atom. The molecule has 0 fully saturated rings. The largest absolute Gasteiger partial charge is 0.504 e. The predicted octanol–water partition coefficient (Wildman–Crippen LogP) is 1.42. The Balaban J connectivity index is 1.90. The third-order valence-electron chi connectivity index (χ3n) is 3.50. The lowest BCUT2D eigenvalue weighted by molar-refractivity contribution is 0.0951. The number of carbonyl (C=O) groups is 1. The molecule has 134 valence electrons. The molecule has 0 aliphatic rings. The van der Waals surface area contributed by atoms with Crippen LogP contribution in [0.25, 0.3) is 0 Å². The average Bonchev–Trinajstić information content (AvgIpc) is 2.59. The van der Waals surface area contributed by atoms with E-state index in [2.05, 4.69) is 10.0 Å². The second-order valence-corrected chi connectivity index (χ2v) is 7.09. The van der Waals surface area contributed by atoms with Gasteiger partial charge in [-0.15, -0.1) is 0 Å². The van der Waals surface area contributed by atoms with E-state index in [1.165, 1.54) is 31.4 Å². The number of aromatic hydroxyl groups is 1. The first-order valence-corrected chi connectivity index (χ1v) is 9.04. The summed E-state index contributed by atoms with van der Waals surface area (Å²) in [5, 5.41) is 12.5. The summed E-state index contributed by atoms with van der Waals surface area (Å²) in [5.74, 6) is -0.596. The number of phenols is 1. The molecule has 0 aliphatic carbocycles. The van der Waals surface area contributed by atoms with Gasteiger partial charge in [0.05, 0.1) is 17.6 Å². The number of aryl methyl sites for hydroxylation is 1. The highest BCUT2D eigenvalue weighted by atomic mass is 32.2. The van der Waals surface area contributed by atoms with Crippen LogP contribution in [0.3, 0.4) is 0 Å². The summed E-state index contributed by atoms with van der Waals surface area (Å²) in [6, 6.07) is 11.0. The Labute approximate surface area is 146 Å². The molecule has 0 spiro atoms. The fraction of sp³-hybridized carbons (Fsp3) is 0.235. The van der Waals surface area contributed by atoms with Crippen LogP contribution in [0.15, 0.2) is 47.4 Å². The van der Waals surface area contributed by atoms with Crippen LogP contribution in [0.1, 0.15) is 15.9 Å². The van der Waals surface area contributed by atoms with Crippen LogP contribution in [0.4, 0.5) is 0 Å². The van der Waals surface area contributed by atoms with Crippen molar-refractivity contribution in [1.29, 1.82) is 0 Å². The van der Waals surface area contributed by atoms with Crippen molar-refractivity contribution in [2.75, 3.05) is 20.2 Å². The third-order valence-corrected chi connectivity index (χ3v) is 4.97. The van der Waals surface area contributed by atoms with Crippen molar-refractivity contribution >= 4 is 15.9 Å². The number of amides is 1. The quantitative estimate of drug-likeness (QED) is 0.645. The summed E-state index contributed by atoms with van der Waals surface area (Å²) in [6.07, 6.45) is 0. The molecule has 1 amide bonds. The second kappa shape index (κ2) is 8.00. The lowest BCUT2D eigenvalue weighted by Crippen LogP contribution is -2.34. The number of hydrogen-bond acceptors (Lipinski definition) is 5. The van der Waals surface area contributed by atoms with Crippen LogP contribution in [0.5, 0.6) is 11.5 Å². The molecule has 2 aromatic carbocycles. The smallest absolute Gasteiger partial charge is 0.255 e. The standard InChI is InChI=1S/C17H20N2O5S/c1-12-6-8-13(9-7-12)25(22,23)19-11-10-18-17(21)14-4-3-5-15(24-2)16(14)20/h3-9,19-20H,10-11H2,1-2H3,(H,18,21). The van der Waals surface area contributed by atoms with Gasteiger partial charge in [0.1, 0.15) is 0 Å². The number of methoxy groups -OCH3 is 1. The fourth-order valence-corrected chi connectivity index (χ4v) is 3.16. The fourth-order valence-electron chi connectivity index (χ4n) is 2.13. The van der Waals surface area contributed by atoms with E-state index in [4.69, 9.17) is 4.74 Å². The van der Waals surface area contributed by atoms with E-state index in [9.17, 15) is 18.3 Å². The number of rotatable bonds is 7. The van der Waals surface area contributed by atoms with Gasteiger partial charge in [-0.2, -0.15) is 0 Å². The number of ether oxygens (including phenoxy) is 1. The summed E-state index contributed by atoms with van der Waals surface area (Å²) >= 11 is 0. The second-order valence-electron chi connectivity index (χ2n) is 5.32. The Kier molecular flexibility index (Phi) is 6.00. The van der Waals surface area contributed by atoms with Gasteiger partial charge in [-0.05, 0) is 31.2 Å². The van der Waals surface area contributed by atoms with E-state index in [1.54, 1.807) is 18.2 Å². The topological polar surface area (TPSA) is 105 Å². The molecule has 2 aromatic rings. The molecule has 0 saturated heterocycles. The summed E-state index contributed by atoms with van der Waals surface area (Å²) < 4.78 is 31.6. The lowest BCUT2D eigenvalue weighted by Gasteiger charge is -2.10. The van der Waals surface area contributed by atoms with Crippen LogP contribution in [-0.4, -0.2) is 39.6 Å². The van der Waals surface area contributed by atoms with Gasteiger partial charge in [-0.1, -0.05) is 23.8 Å². The molecular formula is C17H20N2O5S. The third kappa shape index (κ3) is 4.71. The molecule has 0 aliphatic heterocycles. The zero-order valence-electron chi connectivity index (χ0n) is 13.9. The van der Waals surface area contributed by atoms with Gasteiger partial charge in [0.2, 0.25) is 10.0 Å². The van der Waals surface area contributed by atoms with E-state index in [1.807, 2.05) is 6.92 Å². The van der Waals surface area contributed by atoms with Gasteiger partial charge >= 0.3 is 0 Å². The normalized spacial score (nSPS) is 11.1. The van der Waals surface area contributed by atoms with Crippen molar-refractivity contribution in [3.8, 4) is 11.5 Å². The van der Waals surface area contributed by atoms with Crippen molar-refractivity contribution < 1.29 is 23.1 Å². The number of hydrogen-bond donors (Lipinski definition) is 3. The number of benzene rings is 2. The van der Waals surface area contributed by atoms with E-state index < -0.39 is 15.9 Å². The molecule has 2 rings (SSSR count). The maximum absolute atomic E-state index is 12.1. The van der Waals surface area contributed by atoms with Crippen molar-refractivity contribution in [1.82, 2.24) is 10.0 Å². The molecular weight excluding hydrogens is 344 g/mol. The maximum Gasteiger partial charge on any atom is 0.255 e. The van der Waals surface area contributed by atoms with Crippen LogP contribution in [-0.2, 0) is 10.0 Å². The maximum atomic E-state index is 12.1. The molecule has 0 unspecified atom stereocenters. The molecule has 0 aromatic heterocycles. The van der Waals surface area contributed by atoms with Crippen molar-refractivity contribution in [3.63, 3.8) is 0 Å². The Morgan fingerprint density at radius 3 is 2.44 bits per heavy atom. The first kappa shape index (κ1) is 18.8. The lowest BCUT2D eigenvalue weighted by atomic mass is 10.1. The van der Waals surface area contributed by atoms with Crippen LogP contribution >= 0.6 is 0 Å². The SMILES string of the molecule is COc1cccc(C(=O)NCCNS(=O)(=O)c2ccc(C)cc2)c1O. The van der Waals surface area contributed by atoms with Gasteiger partial charge in [0.25, 0.3) is 5.91 Å². The minimum atomic E-state index is -3.63. The number of phenolic OH excluding ortho intramolecular Hbond substituents is 1. The average molecular weight is 364 g/mol. The Hall–Kier alpha value is -2.58. The zero-order chi connectivity index (χ0) is 18.4. The number of para-hydroxylation sites is 1. The Morgan fingerprint density at radius 2 is 1.80 bits per heavy atom. The molecule has 25 heavy (non-hydrogen) atoms. The van der Waals surface area contributed by atoms with E-state index >= 15 is 0 Å². The molecule has 0 radical (unpaired) electrons. The molecule has 0 atom stereocenters. The van der Waals surface area contributed by atoms with E-state index in [0.717, 1.165) is 5.56 Å². The molecule has 7 nitrogen and oxygen atoms in total. The van der Waals surface area contributed by atoms with E-state index in [-0.39, 0.29) is 35.0 Å². The van der Waals surface area contributed by atoms with Gasteiger partial charge < -0.3 is 15.2 Å². The monoisotopic (exact) mass is 364 g/mol. The Bertz CT molecular complexity index is 848. The molecule has 3 N–H and O–H groups in total. The number of nitrogens with one attached hydrogen (secondary N) is 2. The first-order valence-electron chi connectivity index (χ1n) is 7.55. The summed E-state index contributed by atoms with van der Waals surface area (Å²) in [4.78, 5) is 12.2. The molecule has 0 saturated carbocycles. The minimum absolute atomic E-state index is 0.0205. The van der Waals surface area contributed by atoms with Gasteiger partial charge in [-0.3, -0.25) is 4.79 Å². The number of carbonyl (C=O) groups excluding carboxylic acids is 1. The first-order chi connectivity index (χ1) is 11.8. The summed E-state index contributed by atoms with van der Waals surface area (Å²) in [7, 11) is -2.24. The van der Waals surface area contributed by atoms with Crippen LogP contribution < -0.4 is 14.8 Å². The molecule has 0 heterocycles. The highest BCUT2D eigenvalue weighted by Crippen LogP contribution is 2.29. The molecule has 0 bridgehead atoms. The predicted molar refractivity (Wildman–Crippen MR) is 93.4 cm³/mol. The van der Waals surface area contributed by atoms with Crippen molar-refractivity contribution in [3.05, 3.63) is 53.6 Å². The summed E-state index contributed by atoms with van der Waals surface area (Å²) in [5.41, 5.74) is 1.02. The highest BCUT2D eigenvalue weighted by molar-refractivity contribution is 7.89. The highest BCUT2D eigenvalue weighted by Gasteiger charge is 2.15. The van der Waals surface area contributed by atoms with Crippen LogP contribution in [0.2, 0.25) is 0 Å². The number of sulfonamides is 1. The van der Waals surface area contributed by atoms with Crippen molar-refractivity contribution in [2.24, 2.45) is 0 Å². The van der Waals surface area contributed by atoms with Gasteiger partial charge in [-0.25, -0.2) is 13.1 Å². The van der Waals surface area contributed by atoms with Crippen LogP contribution in [0, 0.1) is 6.92 Å².